The Bertz CT molecular complexity index is 714. The quantitative estimate of drug-likeness (QED) is 0.737. The highest BCUT2D eigenvalue weighted by Crippen LogP contribution is 2.39. The number of hydrogen-bond donors (Lipinski definition) is 1. The Balaban J connectivity index is 2.41. The number of benzene rings is 1. The van der Waals surface area contributed by atoms with Crippen LogP contribution >= 0.6 is 11.6 Å². The van der Waals surface area contributed by atoms with Crippen molar-refractivity contribution in [1.82, 2.24) is 4.90 Å². The molecule has 2 rings (SSSR count). The van der Waals surface area contributed by atoms with Crippen molar-refractivity contribution in [2.45, 2.75) is 31.7 Å². The van der Waals surface area contributed by atoms with Gasteiger partial charge in [0.05, 0.1) is 24.2 Å². The minimum absolute atomic E-state index is 0.0155. The molecule has 1 saturated heterocycles. The van der Waals surface area contributed by atoms with Gasteiger partial charge in [-0.2, -0.15) is 0 Å². The number of hydrogen-bond acceptors (Lipinski definition) is 5. The lowest BCUT2D eigenvalue weighted by Gasteiger charge is -2.46. The second-order valence-electron chi connectivity index (χ2n) is 6.43. The average Bonchev–Trinajstić information content (AvgIpc) is 2.62. The van der Waals surface area contributed by atoms with Crippen LogP contribution < -0.4 is 4.90 Å². The van der Waals surface area contributed by atoms with Crippen molar-refractivity contribution in [2.75, 3.05) is 31.6 Å². The molecule has 0 bridgehead atoms. The van der Waals surface area contributed by atoms with Gasteiger partial charge in [-0.15, -0.1) is 0 Å². The highest BCUT2D eigenvalue weighted by Gasteiger charge is 2.50. The predicted octanol–water partition coefficient (Wildman–Crippen LogP) is 2.31. The second-order valence-corrected chi connectivity index (χ2v) is 6.84. The fourth-order valence-corrected chi connectivity index (χ4v) is 3.73. The normalized spacial score (nSPS) is 16.6. The summed E-state index contributed by atoms with van der Waals surface area (Å²) in [4.78, 5) is 38.9. The van der Waals surface area contributed by atoms with Crippen LogP contribution in [0.2, 0.25) is 5.02 Å². The van der Waals surface area contributed by atoms with E-state index in [0.717, 1.165) is 4.90 Å². The van der Waals surface area contributed by atoms with Crippen LogP contribution in [0.5, 0.6) is 0 Å². The number of esters is 1. The number of para-hydroxylation sites is 1. The smallest absolute Gasteiger partial charge is 0.332 e. The van der Waals surface area contributed by atoms with Crippen LogP contribution in [0.25, 0.3) is 0 Å². The third-order valence-corrected chi connectivity index (χ3v) is 5.10. The number of methoxy groups -OCH3 is 1. The summed E-state index contributed by atoms with van der Waals surface area (Å²) in [5.41, 5.74) is -1.57. The molecular weight excluding hydrogens is 379 g/mol. The molecule has 1 aromatic rings. The van der Waals surface area contributed by atoms with Crippen molar-refractivity contribution in [3.63, 3.8) is 0 Å². The van der Waals surface area contributed by atoms with Gasteiger partial charge in [-0.25, -0.2) is 9.18 Å². The van der Waals surface area contributed by atoms with E-state index in [1.165, 1.54) is 32.2 Å². The highest BCUT2D eigenvalue weighted by molar-refractivity contribution is 6.34. The van der Waals surface area contributed by atoms with Crippen molar-refractivity contribution < 1.29 is 28.6 Å². The number of amides is 1. The van der Waals surface area contributed by atoms with Gasteiger partial charge in [0.15, 0.2) is 0 Å². The zero-order valence-corrected chi connectivity index (χ0v) is 16.0. The lowest BCUT2D eigenvalue weighted by molar-refractivity contribution is -0.151. The molecule has 1 aliphatic heterocycles. The van der Waals surface area contributed by atoms with Gasteiger partial charge < -0.3 is 14.7 Å². The van der Waals surface area contributed by atoms with Crippen molar-refractivity contribution in [3.05, 3.63) is 29.0 Å². The molecule has 0 radical (unpaired) electrons. The number of aliphatic carboxylic acids is 1. The monoisotopic (exact) mass is 400 g/mol. The van der Waals surface area contributed by atoms with E-state index in [4.69, 9.17) is 21.4 Å². The average molecular weight is 401 g/mol. The van der Waals surface area contributed by atoms with E-state index >= 15 is 0 Å². The molecule has 27 heavy (non-hydrogen) atoms. The number of halogens is 2. The Morgan fingerprint density at radius 1 is 1.33 bits per heavy atom. The fourth-order valence-electron chi connectivity index (χ4n) is 3.48. The first kappa shape index (κ1) is 21.1. The maximum atomic E-state index is 14.5. The molecule has 0 spiro atoms. The van der Waals surface area contributed by atoms with E-state index in [1.807, 2.05) is 4.90 Å². The molecule has 1 N–H and O–H groups in total. The van der Waals surface area contributed by atoms with Gasteiger partial charge in [-0.3, -0.25) is 14.5 Å². The lowest BCUT2D eigenvalue weighted by atomic mass is 9.84. The van der Waals surface area contributed by atoms with Crippen molar-refractivity contribution in [1.29, 1.82) is 0 Å². The largest absolute Gasteiger partial charge is 0.481 e. The third kappa shape index (κ3) is 4.39. The van der Waals surface area contributed by atoms with Gasteiger partial charge in [0.25, 0.3) is 0 Å². The van der Waals surface area contributed by atoms with Crippen LogP contribution in [-0.4, -0.2) is 60.1 Å². The molecule has 0 saturated carbocycles. The van der Waals surface area contributed by atoms with E-state index in [0.29, 0.717) is 19.6 Å². The van der Waals surface area contributed by atoms with E-state index < -0.39 is 29.2 Å². The van der Waals surface area contributed by atoms with Gasteiger partial charge in [-0.1, -0.05) is 17.7 Å². The zero-order chi connectivity index (χ0) is 20.2. The summed E-state index contributed by atoms with van der Waals surface area (Å²) in [7, 11) is 1.21. The topological polar surface area (TPSA) is 87.2 Å². The number of ether oxygens (including phenoxy) is 1. The Hall–Kier alpha value is -2.19. The number of likely N-dealkylation sites (tertiary alicyclic amines) is 1. The minimum atomic E-state index is -1.41. The number of carboxylic acids is 1. The van der Waals surface area contributed by atoms with Gasteiger partial charge in [0.2, 0.25) is 5.91 Å². The first-order valence-electron chi connectivity index (χ1n) is 8.50. The molecule has 0 aliphatic carbocycles. The lowest BCUT2D eigenvalue weighted by Crippen LogP contribution is -2.62. The predicted molar refractivity (Wildman–Crippen MR) is 97.2 cm³/mol. The van der Waals surface area contributed by atoms with Gasteiger partial charge in [-0.05, 0) is 25.0 Å². The zero-order valence-electron chi connectivity index (χ0n) is 15.2. The van der Waals surface area contributed by atoms with Crippen LogP contribution in [0.3, 0.4) is 0 Å². The van der Waals surface area contributed by atoms with Gasteiger partial charge in [0, 0.05) is 26.6 Å². The summed E-state index contributed by atoms with van der Waals surface area (Å²) in [5, 5.41) is 8.85. The summed E-state index contributed by atoms with van der Waals surface area (Å²) >= 11 is 6.15. The first-order valence-corrected chi connectivity index (χ1v) is 8.88. The van der Waals surface area contributed by atoms with E-state index in [2.05, 4.69) is 0 Å². The molecule has 1 fully saturated rings. The number of nitrogens with zero attached hydrogens (tertiary/aromatic N) is 2. The van der Waals surface area contributed by atoms with E-state index in [9.17, 15) is 18.8 Å². The molecule has 1 aromatic carbocycles. The highest BCUT2D eigenvalue weighted by atomic mass is 35.5. The minimum Gasteiger partial charge on any atom is -0.481 e. The molecule has 0 aromatic heterocycles. The molecule has 9 heteroatoms. The van der Waals surface area contributed by atoms with Crippen LogP contribution in [0.15, 0.2) is 18.2 Å². The maximum Gasteiger partial charge on any atom is 0.332 e. The summed E-state index contributed by atoms with van der Waals surface area (Å²) in [5.74, 6) is -2.82. The van der Waals surface area contributed by atoms with Crippen LogP contribution in [0.1, 0.15) is 26.2 Å². The Morgan fingerprint density at radius 3 is 2.44 bits per heavy atom. The van der Waals surface area contributed by atoms with E-state index in [-0.39, 0.29) is 30.0 Å². The maximum absolute atomic E-state index is 14.5. The number of rotatable bonds is 6. The van der Waals surface area contributed by atoms with Gasteiger partial charge >= 0.3 is 11.9 Å². The third-order valence-electron chi connectivity index (χ3n) is 4.79. The molecule has 1 aliphatic rings. The molecule has 148 valence electrons. The first-order chi connectivity index (χ1) is 12.7. The summed E-state index contributed by atoms with van der Waals surface area (Å²) in [6.07, 6.45) is 0.313. The molecule has 0 unspecified atom stereocenters. The van der Waals surface area contributed by atoms with Crippen LogP contribution in [0.4, 0.5) is 10.1 Å². The Labute approximate surface area is 161 Å². The van der Waals surface area contributed by atoms with Crippen molar-refractivity contribution >= 4 is 35.1 Å². The number of piperidine rings is 1. The molecule has 1 heterocycles. The number of carboxylic acid groups (broad SMARTS) is 1. The Morgan fingerprint density at radius 2 is 1.96 bits per heavy atom. The van der Waals surface area contributed by atoms with Crippen molar-refractivity contribution in [2.24, 2.45) is 0 Å². The molecule has 1 amide bonds. The standard InChI is InChI=1S/C18H22ClFN2O5/c1-12(23)22(16-13(19)4-3-5-14(16)20)18(17(26)27-2)7-10-21(11-8-18)9-6-15(24)25/h3-5H,6-11H2,1-2H3,(H,24,25). The fraction of sp³-hybridized carbons (Fsp3) is 0.500. The SMILES string of the molecule is COC(=O)C1(N(C(C)=O)c2c(F)cccc2Cl)CCN(CCC(=O)O)CC1. The van der Waals surface area contributed by atoms with Crippen molar-refractivity contribution in [3.8, 4) is 0 Å². The van der Waals surface area contributed by atoms with E-state index in [1.54, 1.807) is 0 Å². The van der Waals surface area contributed by atoms with Gasteiger partial charge in [0.1, 0.15) is 11.4 Å². The summed E-state index contributed by atoms with van der Waals surface area (Å²) in [6, 6.07) is 4.03. The van der Waals surface area contributed by atoms with Crippen LogP contribution in [0, 0.1) is 5.82 Å². The Kier molecular flexibility index (Phi) is 6.78. The number of anilines is 1. The molecular formula is C18H22ClFN2O5. The number of carbonyl (C=O) groups is 3. The summed E-state index contributed by atoms with van der Waals surface area (Å²) in [6.45, 7) is 2.29. The molecule has 7 nitrogen and oxygen atoms in total. The summed E-state index contributed by atoms with van der Waals surface area (Å²) < 4.78 is 19.5. The molecule has 0 atom stereocenters. The number of carbonyl (C=O) groups excluding carboxylic acids is 2. The van der Waals surface area contributed by atoms with Crippen LogP contribution in [-0.2, 0) is 19.1 Å². The second kappa shape index (κ2) is 8.67.